The number of carbonyl (C=O) groups is 1. The molecule has 0 unspecified atom stereocenters. The molecular weight excluding hydrogens is 673 g/mol. The maximum absolute atomic E-state index is 14.6. The van der Waals surface area contributed by atoms with Crippen molar-refractivity contribution < 1.29 is 92.6 Å². The van der Waals surface area contributed by atoms with Gasteiger partial charge >= 0.3 is 52.9 Å². The summed E-state index contributed by atoms with van der Waals surface area (Å²) in [4.78, 5) is 12.0. The van der Waals surface area contributed by atoms with Crippen LogP contribution in [0.3, 0.4) is 0 Å². The van der Waals surface area contributed by atoms with Crippen LogP contribution in [0.1, 0.15) is 53.4 Å². The van der Waals surface area contributed by atoms with Crippen LogP contribution in [-0.4, -0.2) is 84.3 Å². The number of sulfonamides is 1. The Morgan fingerprint density at radius 3 is 1.33 bits per heavy atom. The van der Waals surface area contributed by atoms with E-state index in [9.17, 15) is 87.8 Å². The van der Waals surface area contributed by atoms with Crippen molar-refractivity contribution in [1.82, 2.24) is 4.31 Å². The summed E-state index contributed by atoms with van der Waals surface area (Å²) < 4.78 is 259. The Bertz CT molecular complexity index is 1080. The topological polar surface area (TPSA) is 63.7 Å². The van der Waals surface area contributed by atoms with E-state index in [1.807, 2.05) is 0 Å². The summed E-state index contributed by atoms with van der Waals surface area (Å²) in [6.07, 6.45) is -8.12. The van der Waals surface area contributed by atoms with Gasteiger partial charge in [0.15, 0.2) is 0 Å². The third kappa shape index (κ3) is 7.05. The zero-order valence-electron chi connectivity index (χ0n) is 22.2. The maximum atomic E-state index is 14.6. The Balaban J connectivity index is 7.04. The van der Waals surface area contributed by atoms with Crippen molar-refractivity contribution >= 4 is 16.0 Å². The molecule has 0 spiro atoms. The highest BCUT2D eigenvalue weighted by molar-refractivity contribution is 7.90. The number of halogens is 17. The standard InChI is InChI=1S/C20H24F17NO4S/c1-5-6-7-8-9-38(10-11(39)42-12(2,3)4)43(40,41)20(36,37)18(31,32)16(27,28)14(23,24)13(21,22)15(25,26)17(29,30)19(33,34)35/h5-10H2,1-4H3. The van der Waals surface area contributed by atoms with Crippen molar-refractivity contribution in [3.8, 4) is 0 Å². The summed E-state index contributed by atoms with van der Waals surface area (Å²) in [7, 11) is -7.60. The van der Waals surface area contributed by atoms with E-state index in [-0.39, 0.29) is 12.8 Å². The van der Waals surface area contributed by atoms with Crippen LogP contribution in [0.4, 0.5) is 74.6 Å². The minimum absolute atomic E-state index is 0.123. The minimum Gasteiger partial charge on any atom is -0.459 e. The van der Waals surface area contributed by atoms with E-state index in [0.717, 1.165) is 20.8 Å². The van der Waals surface area contributed by atoms with Crippen molar-refractivity contribution in [3.05, 3.63) is 0 Å². The fourth-order valence-electron chi connectivity index (χ4n) is 2.99. The van der Waals surface area contributed by atoms with Gasteiger partial charge in [-0.3, -0.25) is 4.79 Å². The first kappa shape index (κ1) is 41.2. The van der Waals surface area contributed by atoms with Gasteiger partial charge in [-0.05, 0) is 27.2 Å². The first-order valence-corrected chi connectivity index (χ1v) is 12.9. The summed E-state index contributed by atoms with van der Waals surface area (Å²) in [5.74, 6) is -54.0. The molecule has 0 atom stereocenters. The summed E-state index contributed by atoms with van der Waals surface area (Å²) in [5, 5.41) is -7.74. The van der Waals surface area contributed by atoms with Crippen LogP contribution >= 0.6 is 0 Å². The van der Waals surface area contributed by atoms with Gasteiger partial charge < -0.3 is 4.74 Å². The zero-order chi connectivity index (χ0) is 35.1. The van der Waals surface area contributed by atoms with E-state index < -0.39 is 92.4 Å². The van der Waals surface area contributed by atoms with Crippen LogP contribution in [-0.2, 0) is 19.6 Å². The number of esters is 1. The second kappa shape index (κ2) is 12.2. The van der Waals surface area contributed by atoms with Crippen molar-refractivity contribution in [2.45, 2.75) is 106 Å². The van der Waals surface area contributed by atoms with Gasteiger partial charge in [0, 0.05) is 6.54 Å². The van der Waals surface area contributed by atoms with Crippen molar-refractivity contribution in [1.29, 1.82) is 0 Å². The monoisotopic (exact) mass is 697 g/mol. The molecule has 0 aliphatic rings. The number of hydrogen-bond acceptors (Lipinski definition) is 4. The van der Waals surface area contributed by atoms with E-state index in [1.54, 1.807) is 0 Å². The lowest BCUT2D eigenvalue weighted by Gasteiger charge is -2.43. The third-order valence-corrected chi connectivity index (χ3v) is 7.24. The highest BCUT2D eigenvalue weighted by atomic mass is 32.2. The zero-order valence-corrected chi connectivity index (χ0v) is 23.0. The second-order valence-electron chi connectivity index (χ2n) is 9.95. The first-order valence-electron chi connectivity index (χ1n) is 11.5. The van der Waals surface area contributed by atoms with Gasteiger partial charge in [0.1, 0.15) is 12.1 Å². The molecule has 0 saturated heterocycles. The third-order valence-electron chi connectivity index (χ3n) is 5.34. The van der Waals surface area contributed by atoms with Crippen LogP contribution in [0.25, 0.3) is 0 Å². The molecule has 0 rings (SSSR count). The number of hydrogen-bond donors (Lipinski definition) is 0. The van der Waals surface area contributed by atoms with Gasteiger partial charge in [-0.15, -0.1) is 0 Å². The lowest BCUT2D eigenvalue weighted by Crippen LogP contribution is -2.75. The highest BCUT2D eigenvalue weighted by Crippen LogP contribution is 2.64. The molecule has 0 fully saturated rings. The molecule has 5 nitrogen and oxygen atoms in total. The Labute approximate surface area is 232 Å². The molecule has 0 aromatic rings. The molecule has 23 heteroatoms. The average molecular weight is 697 g/mol. The average Bonchev–Trinajstić information content (AvgIpc) is 2.78. The molecular formula is C20H24F17NO4S. The molecule has 0 aliphatic heterocycles. The van der Waals surface area contributed by atoms with Crippen molar-refractivity contribution in [2.75, 3.05) is 13.1 Å². The summed E-state index contributed by atoms with van der Waals surface area (Å²) >= 11 is 0. The van der Waals surface area contributed by atoms with Gasteiger partial charge in [-0.2, -0.15) is 78.9 Å². The molecule has 258 valence electrons. The van der Waals surface area contributed by atoms with Crippen molar-refractivity contribution in [3.63, 3.8) is 0 Å². The molecule has 0 amide bonds. The predicted molar refractivity (Wildman–Crippen MR) is 111 cm³/mol. The second-order valence-corrected chi connectivity index (χ2v) is 11.9. The molecule has 0 aliphatic carbocycles. The quantitative estimate of drug-likeness (QED) is 0.101. The molecule has 0 aromatic carbocycles. The SMILES string of the molecule is CCCCCCN(CC(=O)OC(C)(C)C)S(=O)(=O)C(F)(F)C(F)(F)C(F)(F)C(F)(F)C(F)(F)C(F)(F)C(F)(F)C(F)(F)F. The van der Waals surface area contributed by atoms with E-state index in [1.165, 1.54) is 6.92 Å². The van der Waals surface area contributed by atoms with Crippen LogP contribution < -0.4 is 0 Å². The lowest BCUT2D eigenvalue weighted by molar-refractivity contribution is -0.458. The van der Waals surface area contributed by atoms with Crippen LogP contribution in [0, 0.1) is 0 Å². The number of rotatable bonds is 15. The van der Waals surface area contributed by atoms with E-state index in [4.69, 9.17) is 0 Å². The maximum Gasteiger partial charge on any atom is 0.460 e. The summed E-state index contributed by atoms with van der Waals surface area (Å²) in [6, 6.07) is 0. The smallest absolute Gasteiger partial charge is 0.459 e. The Kier molecular flexibility index (Phi) is 11.7. The number of nitrogens with zero attached hydrogens (tertiary/aromatic N) is 1. The highest BCUT2D eigenvalue weighted by Gasteiger charge is 2.96. The lowest BCUT2D eigenvalue weighted by atomic mass is 9.91. The Morgan fingerprint density at radius 1 is 0.605 bits per heavy atom. The molecule has 0 heterocycles. The fraction of sp³-hybridized carbons (Fsp3) is 0.950. The van der Waals surface area contributed by atoms with E-state index >= 15 is 0 Å². The first-order chi connectivity index (χ1) is 18.6. The van der Waals surface area contributed by atoms with E-state index in [0.29, 0.717) is 6.42 Å². The van der Waals surface area contributed by atoms with Crippen LogP contribution in [0.5, 0.6) is 0 Å². The van der Waals surface area contributed by atoms with E-state index in [2.05, 4.69) is 4.74 Å². The normalized spacial score (nSPS) is 15.7. The fourth-order valence-corrected chi connectivity index (χ4v) is 4.41. The summed E-state index contributed by atoms with van der Waals surface area (Å²) in [6.45, 7) is 1.42. The summed E-state index contributed by atoms with van der Waals surface area (Å²) in [5.41, 5.74) is -1.54. The number of carbonyl (C=O) groups excluding carboxylic acids is 1. The van der Waals surface area contributed by atoms with Crippen LogP contribution in [0.2, 0.25) is 0 Å². The Hall–Kier alpha value is -1.81. The molecule has 0 radical (unpaired) electrons. The van der Waals surface area contributed by atoms with Gasteiger partial charge in [-0.1, -0.05) is 26.2 Å². The number of unbranched alkanes of at least 4 members (excludes halogenated alkanes) is 3. The molecule has 43 heavy (non-hydrogen) atoms. The molecule has 0 aromatic heterocycles. The largest absolute Gasteiger partial charge is 0.460 e. The van der Waals surface area contributed by atoms with Crippen molar-refractivity contribution in [2.24, 2.45) is 0 Å². The molecule has 0 N–H and O–H groups in total. The minimum atomic E-state index is -8.93. The van der Waals surface area contributed by atoms with Crippen LogP contribution in [0.15, 0.2) is 0 Å². The number of ether oxygens (including phenoxy) is 1. The Morgan fingerprint density at radius 2 is 0.977 bits per heavy atom. The molecule has 0 bridgehead atoms. The van der Waals surface area contributed by atoms with Gasteiger partial charge in [0.2, 0.25) is 0 Å². The van der Waals surface area contributed by atoms with Gasteiger partial charge in [-0.25, -0.2) is 8.42 Å². The van der Waals surface area contributed by atoms with Gasteiger partial charge in [0.05, 0.1) is 0 Å². The number of alkyl halides is 17. The van der Waals surface area contributed by atoms with Gasteiger partial charge in [0.25, 0.3) is 10.0 Å². The predicted octanol–water partition coefficient (Wildman–Crippen LogP) is 7.51. The molecule has 0 saturated carbocycles.